The van der Waals surface area contributed by atoms with Gasteiger partial charge in [0.05, 0.1) is 11.8 Å². The second-order valence-corrected chi connectivity index (χ2v) is 5.51. The van der Waals surface area contributed by atoms with Crippen LogP contribution in [0.25, 0.3) is 11.3 Å². The fraction of sp³-hybridized carbons (Fsp3) is 0.412. The van der Waals surface area contributed by atoms with Gasteiger partial charge in [-0.15, -0.1) is 0 Å². The Morgan fingerprint density at radius 2 is 2.17 bits per heavy atom. The van der Waals surface area contributed by atoms with E-state index in [9.17, 15) is 13.6 Å². The number of likely N-dealkylation sites (N-methyl/N-ethyl adjacent to an activating group) is 1. The van der Waals surface area contributed by atoms with Crippen LogP contribution in [-0.2, 0) is 11.2 Å². The number of aryl methyl sites for hydroxylation is 1. The smallest absolute Gasteiger partial charge is 0.220 e. The molecule has 0 aliphatic carbocycles. The van der Waals surface area contributed by atoms with Crippen LogP contribution in [0.4, 0.5) is 8.78 Å². The molecular weight excluding hydrogens is 316 g/mol. The molecule has 0 unspecified atom stereocenters. The minimum Gasteiger partial charge on any atom is -0.441 e. The van der Waals surface area contributed by atoms with E-state index in [0.717, 1.165) is 18.7 Å². The summed E-state index contributed by atoms with van der Waals surface area (Å²) in [5.41, 5.74) is 0.138. The lowest BCUT2D eigenvalue weighted by atomic mass is 10.2. The van der Waals surface area contributed by atoms with Gasteiger partial charge in [-0.3, -0.25) is 4.79 Å². The number of carbonyl (C=O) groups excluding carboxylic acids is 1. The summed E-state index contributed by atoms with van der Waals surface area (Å²) in [6.07, 6.45) is 1.91. The number of amides is 1. The predicted molar refractivity (Wildman–Crippen MR) is 86.3 cm³/mol. The van der Waals surface area contributed by atoms with Gasteiger partial charge in [-0.2, -0.15) is 0 Å². The third kappa shape index (κ3) is 5.13. The van der Waals surface area contributed by atoms with E-state index < -0.39 is 11.6 Å². The molecule has 0 bridgehead atoms. The van der Waals surface area contributed by atoms with Crippen LogP contribution in [0.2, 0.25) is 0 Å². The van der Waals surface area contributed by atoms with Crippen molar-refractivity contribution in [1.29, 1.82) is 0 Å². The topological polar surface area (TPSA) is 67.2 Å². The zero-order chi connectivity index (χ0) is 17.5. The van der Waals surface area contributed by atoms with Gasteiger partial charge in [0.1, 0.15) is 11.6 Å². The molecule has 1 amide bonds. The molecule has 1 aromatic heterocycles. The van der Waals surface area contributed by atoms with E-state index >= 15 is 0 Å². The van der Waals surface area contributed by atoms with E-state index in [0.29, 0.717) is 18.9 Å². The Balaban J connectivity index is 1.86. The second-order valence-electron chi connectivity index (χ2n) is 5.51. The average molecular weight is 337 g/mol. The number of rotatable bonds is 8. The molecule has 7 heteroatoms. The maximum atomic E-state index is 13.7. The summed E-state index contributed by atoms with van der Waals surface area (Å²) >= 11 is 0. The van der Waals surface area contributed by atoms with Gasteiger partial charge >= 0.3 is 0 Å². The van der Waals surface area contributed by atoms with Crippen molar-refractivity contribution >= 4 is 5.91 Å². The maximum Gasteiger partial charge on any atom is 0.220 e. The normalized spacial score (nSPS) is 12.2. The third-order valence-electron chi connectivity index (χ3n) is 3.47. The molecule has 0 saturated heterocycles. The Bertz CT molecular complexity index is 688. The van der Waals surface area contributed by atoms with Gasteiger partial charge in [-0.05, 0) is 25.6 Å². The molecule has 0 spiro atoms. The Morgan fingerprint density at radius 3 is 2.88 bits per heavy atom. The number of carbonyl (C=O) groups is 1. The Kier molecular flexibility index (Phi) is 6.43. The highest BCUT2D eigenvalue weighted by Gasteiger charge is 2.13. The standard InChI is InChI=1S/C17H21F2N3O2/c1-3-20-11(2)9-21-16(23)6-7-17-22-10-15(24-17)13-5-4-12(18)8-14(13)19/h4-5,8,10-11,20H,3,6-7,9H2,1-2H3,(H,21,23)/t11-/m1/s1. The van der Waals surface area contributed by atoms with Gasteiger partial charge in [0.2, 0.25) is 5.91 Å². The quantitative estimate of drug-likeness (QED) is 0.777. The number of benzene rings is 1. The maximum absolute atomic E-state index is 13.7. The number of hydrogen-bond donors (Lipinski definition) is 2. The fourth-order valence-corrected chi connectivity index (χ4v) is 2.24. The second kappa shape index (κ2) is 8.54. The van der Waals surface area contributed by atoms with E-state index in [2.05, 4.69) is 15.6 Å². The minimum atomic E-state index is -0.715. The Morgan fingerprint density at radius 1 is 1.38 bits per heavy atom. The van der Waals surface area contributed by atoms with Crippen molar-refractivity contribution in [2.75, 3.05) is 13.1 Å². The van der Waals surface area contributed by atoms with Crippen LogP contribution in [-0.4, -0.2) is 30.0 Å². The van der Waals surface area contributed by atoms with Crippen LogP contribution >= 0.6 is 0 Å². The largest absolute Gasteiger partial charge is 0.441 e. The summed E-state index contributed by atoms with van der Waals surface area (Å²) in [6, 6.07) is 3.44. The molecular formula is C17H21F2N3O2. The van der Waals surface area contributed by atoms with Crippen LogP contribution in [0.3, 0.4) is 0 Å². The summed E-state index contributed by atoms with van der Waals surface area (Å²) < 4.78 is 32.1. The molecule has 0 saturated carbocycles. The van der Waals surface area contributed by atoms with Crippen molar-refractivity contribution in [2.24, 2.45) is 0 Å². The van der Waals surface area contributed by atoms with Gasteiger partial charge in [0.15, 0.2) is 11.7 Å². The molecule has 0 aliphatic heterocycles. The number of aromatic nitrogens is 1. The molecule has 130 valence electrons. The van der Waals surface area contributed by atoms with Crippen molar-refractivity contribution in [3.63, 3.8) is 0 Å². The summed E-state index contributed by atoms with van der Waals surface area (Å²) in [5.74, 6) is -0.924. The van der Waals surface area contributed by atoms with Crippen LogP contribution in [0.15, 0.2) is 28.8 Å². The number of nitrogens with zero attached hydrogens (tertiary/aromatic N) is 1. The molecule has 1 heterocycles. The van der Waals surface area contributed by atoms with Crippen molar-refractivity contribution < 1.29 is 18.0 Å². The molecule has 0 fully saturated rings. The van der Waals surface area contributed by atoms with Gasteiger partial charge in [0, 0.05) is 31.5 Å². The van der Waals surface area contributed by atoms with E-state index in [4.69, 9.17) is 4.42 Å². The lowest BCUT2D eigenvalue weighted by molar-refractivity contribution is -0.121. The van der Waals surface area contributed by atoms with Crippen molar-refractivity contribution in [2.45, 2.75) is 32.7 Å². The zero-order valence-corrected chi connectivity index (χ0v) is 13.7. The van der Waals surface area contributed by atoms with Gasteiger partial charge in [-0.25, -0.2) is 13.8 Å². The number of nitrogens with one attached hydrogen (secondary N) is 2. The molecule has 0 aliphatic rings. The molecule has 2 N–H and O–H groups in total. The first-order chi connectivity index (χ1) is 11.5. The molecule has 1 aromatic carbocycles. The number of oxazole rings is 1. The van der Waals surface area contributed by atoms with Crippen molar-refractivity contribution in [3.8, 4) is 11.3 Å². The van der Waals surface area contributed by atoms with Gasteiger partial charge < -0.3 is 15.1 Å². The highest BCUT2D eigenvalue weighted by molar-refractivity contribution is 5.76. The first-order valence-electron chi connectivity index (χ1n) is 7.89. The monoisotopic (exact) mass is 337 g/mol. The summed E-state index contributed by atoms with van der Waals surface area (Å²) in [6.45, 7) is 5.38. The first-order valence-corrected chi connectivity index (χ1v) is 7.89. The van der Waals surface area contributed by atoms with E-state index in [1.165, 1.54) is 12.3 Å². The molecule has 5 nitrogen and oxygen atoms in total. The number of halogens is 2. The summed E-state index contributed by atoms with van der Waals surface area (Å²) in [4.78, 5) is 15.8. The molecule has 2 aromatic rings. The minimum absolute atomic E-state index is 0.104. The third-order valence-corrected chi connectivity index (χ3v) is 3.47. The number of hydrogen-bond acceptors (Lipinski definition) is 4. The Hall–Kier alpha value is -2.28. The SMILES string of the molecule is CCN[C@H](C)CNC(=O)CCc1ncc(-c2ccc(F)cc2F)o1. The van der Waals surface area contributed by atoms with E-state index in [1.54, 1.807) is 0 Å². The Labute approximate surface area is 139 Å². The highest BCUT2D eigenvalue weighted by atomic mass is 19.1. The molecule has 2 rings (SSSR count). The average Bonchev–Trinajstić information content (AvgIpc) is 3.00. The van der Waals surface area contributed by atoms with E-state index in [1.807, 2.05) is 13.8 Å². The zero-order valence-electron chi connectivity index (χ0n) is 13.7. The lowest BCUT2D eigenvalue weighted by Gasteiger charge is -2.12. The van der Waals surface area contributed by atoms with Crippen molar-refractivity contribution in [1.82, 2.24) is 15.6 Å². The van der Waals surface area contributed by atoms with Crippen molar-refractivity contribution in [3.05, 3.63) is 41.9 Å². The van der Waals surface area contributed by atoms with Crippen LogP contribution in [0.5, 0.6) is 0 Å². The molecule has 0 radical (unpaired) electrons. The fourth-order valence-electron chi connectivity index (χ4n) is 2.24. The van der Waals surface area contributed by atoms with Crippen LogP contribution in [0, 0.1) is 11.6 Å². The van der Waals surface area contributed by atoms with Crippen LogP contribution in [0.1, 0.15) is 26.2 Å². The first kappa shape index (κ1) is 18.1. The molecule has 1 atom stereocenters. The predicted octanol–water partition coefficient (Wildman–Crippen LogP) is 2.67. The van der Waals surface area contributed by atoms with E-state index in [-0.39, 0.29) is 29.7 Å². The highest BCUT2D eigenvalue weighted by Crippen LogP contribution is 2.24. The lowest BCUT2D eigenvalue weighted by Crippen LogP contribution is -2.38. The van der Waals surface area contributed by atoms with Gasteiger partial charge in [0.25, 0.3) is 0 Å². The van der Waals surface area contributed by atoms with Gasteiger partial charge in [-0.1, -0.05) is 6.92 Å². The van der Waals surface area contributed by atoms with Crippen LogP contribution < -0.4 is 10.6 Å². The molecule has 24 heavy (non-hydrogen) atoms. The summed E-state index contributed by atoms with van der Waals surface area (Å²) in [7, 11) is 0. The summed E-state index contributed by atoms with van der Waals surface area (Å²) in [5, 5.41) is 6.02.